The summed E-state index contributed by atoms with van der Waals surface area (Å²) in [7, 11) is -0.973. The predicted molar refractivity (Wildman–Crippen MR) is 106 cm³/mol. The number of aliphatic hydroxyl groups excluding tert-OH is 1. The number of rotatable bonds is 9. The first-order valence-corrected chi connectivity index (χ1v) is 14.1. The van der Waals surface area contributed by atoms with E-state index in [-0.39, 0.29) is 6.61 Å². The van der Waals surface area contributed by atoms with Crippen LogP contribution in [0, 0.1) is 11.8 Å². The molecule has 0 heterocycles. The molecule has 0 atom stereocenters. The Morgan fingerprint density at radius 3 is 2.00 bits per heavy atom. The van der Waals surface area contributed by atoms with Crippen LogP contribution in [0.4, 0.5) is 0 Å². The van der Waals surface area contributed by atoms with Gasteiger partial charge in [-0.2, -0.15) is 0 Å². The Kier molecular flexibility index (Phi) is 8.80. The van der Waals surface area contributed by atoms with Crippen LogP contribution in [0.25, 0.3) is 0 Å². The Hall–Kier alpha value is 0.137. The maximum absolute atomic E-state index is 8.86. The minimum absolute atomic E-state index is 0.260. The van der Waals surface area contributed by atoms with E-state index in [0.29, 0.717) is 6.10 Å². The van der Waals surface area contributed by atoms with E-state index in [4.69, 9.17) is 9.84 Å². The van der Waals surface area contributed by atoms with Crippen LogP contribution in [-0.4, -0.2) is 32.5 Å². The lowest BCUT2D eigenvalue weighted by Gasteiger charge is -2.42. The van der Waals surface area contributed by atoms with Gasteiger partial charge in [-0.15, -0.1) is 0 Å². The maximum atomic E-state index is 8.86. The standard InChI is InChI=1S/C21H42O2Si/c1-4-5-17-24(2,3)21-13-9-19(10-14-21)18-7-11-20(12-8-18)23-16-6-15-22/h18-22H,4-17H2,1-3H3. The van der Waals surface area contributed by atoms with Gasteiger partial charge >= 0.3 is 0 Å². The largest absolute Gasteiger partial charge is 0.396 e. The van der Waals surface area contributed by atoms with Crippen LogP contribution in [0.1, 0.15) is 77.6 Å². The molecule has 2 nitrogen and oxygen atoms in total. The Morgan fingerprint density at radius 2 is 1.46 bits per heavy atom. The molecule has 1 N–H and O–H groups in total. The first-order valence-electron chi connectivity index (χ1n) is 10.8. The van der Waals surface area contributed by atoms with Crippen LogP contribution in [0.5, 0.6) is 0 Å². The molecule has 2 aliphatic carbocycles. The molecule has 2 aliphatic rings. The number of hydrogen-bond donors (Lipinski definition) is 1. The normalized spacial score (nSPS) is 32.0. The van der Waals surface area contributed by atoms with E-state index in [9.17, 15) is 0 Å². The molecular formula is C21H42O2Si. The quantitative estimate of drug-likeness (QED) is 0.405. The molecule has 0 bridgehead atoms. The third kappa shape index (κ3) is 6.14. The lowest BCUT2D eigenvalue weighted by atomic mass is 9.73. The second-order valence-electron chi connectivity index (χ2n) is 9.19. The summed E-state index contributed by atoms with van der Waals surface area (Å²) < 4.78 is 5.90. The van der Waals surface area contributed by atoms with Crippen LogP contribution in [0.3, 0.4) is 0 Å². The Labute approximate surface area is 151 Å². The van der Waals surface area contributed by atoms with Crippen molar-refractivity contribution in [3.05, 3.63) is 0 Å². The molecular weight excluding hydrogens is 312 g/mol. The van der Waals surface area contributed by atoms with Crippen molar-refractivity contribution < 1.29 is 9.84 Å². The smallest absolute Gasteiger partial charge is 0.0575 e. The van der Waals surface area contributed by atoms with Gasteiger partial charge in [0.05, 0.1) is 14.2 Å². The fourth-order valence-corrected chi connectivity index (χ4v) is 8.82. The van der Waals surface area contributed by atoms with Gasteiger partial charge in [0.25, 0.3) is 0 Å². The number of unbranched alkanes of at least 4 members (excludes halogenated alkanes) is 1. The monoisotopic (exact) mass is 354 g/mol. The van der Waals surface area contributed by atoms with Crippen LogP contribution < -0.4 is 0 Å². The minimum Gasteiger partial charge on any atom is -0.396 e. The van der Waals surface area contributed by atoms with Gasteiger partial charge in [0.15, 0.2) is 0 Å². The van der Waals surface area contributed by atoms with Crippen molar-refractivity contribution in [2.24, 2.45) is 11.8 Å². The van der Waals surface area contributed by atoms with E-state index in [0.717, 1.165) is 30.4 Å². The first kappa shape index (κ1) is 20.4. The van der Waals surface area contributed by atoms with E-state index in [2.05, 4.69) is 20.0 Å². The summed E-state index contributed by atoms with van der Waals surface area (Å²) in [6.45, 7) is 8.65. The van der Waals surface area contributed by atoms with E-state index < -0.39 is 8.07 Å². The summed E-state index contributed by atoms with van der Waals surface area (Å²) in [5, 5.41) is 8.86. The third-order valence-electron chi connectivity index (χ3n) is 7.09. The topological polar surface area (TPSA) is 29.5 Å². The molecule has 0 aromatic rings. The summed E-state index contributed by atoms with van der Waals surface area (Å²) >= 11 is 0. The van der Waals surface area contributed by atoms with Gasteiger partial charge in [0.1, 0.15) is 0 Å². The molecule has 0 amide bonds. The Balaban J connectivity index is 1.68. The average Bonchev–Trinajstić information content (AvgIpc) is 2.61. The predicted octanol–water partition coefficient (Wildman–Crippen LogP) is 6.01. The number of ether oxygens (including phenoxy) is 1. The van der Waals surface area contributed by atoms with Crippen molar-refractivity contribution >= 4 is 8.07 Å². The molecule has 0 radical (unpaired) electrons. The summed E-state index contributed by atoms with van der Waals surface area (Å²) in [4.78, 5) is 0. The molecule has 0 aromatic heterocycles. The Morgan fingerprint density at radius 1 is 0.875 bits per heavy atom. The van der Waals surface area contributed by atoms with Gasteiger partial charge in [-0.1, -0.05) is 64.6 Å². The molecule has 3 heteroatoms. The maximum Gasteiger partial charge on any atom is 0.0575 e. The van der Waals surface area contributed by atoms with Gasteiger partial charge < -0.3 is 9.84 Å². The van der Waals surface area contributed by atoms with Crippen LogP contribution in [-0.2, 0) is 4.74 Å². The van der Waals surface area contributed by atoms with Gasteiger partial charge in [-0.3, -0.25) is 0 Å². The lowest BCUT2D eigenvalue weighted by molar-refractivity contribution is 0.00305. The molecule has 0 spiro atoms. The first-order chi connectivity index (χ1) is 11.6. The van der Waals surface area contributed by atoms with E-state index in [1.54, 1.807) is 6.04 Å². The molecule has 0 unspecified atom stereocenters. The van der Waals surface area contributed by atoms with Gasteiger partial charge in [0.2, 0.25) is 0 Å². The van der Waals surface area contributed by atoms with Gasteiger partial charge in [0, 0.05) is 13.2 Å². The summed E-state index contributed by atoms with van der Waals surface area (Å²) in [6.07, 6.45) is 15.5. The number of hydrogen-bond acceptors (Lipinski definition) is 2. The molecule has 24 heavy (non-hydrogen) atoms. The lowest BCUT2D eigenvalue weighted by Crippen LogP contribution is -2.36. The molecule has 142 valence electrons. The zero-order valence-corrected chi connectivity index (χ0v) is 17.6. The fraction of sp³-hybridized carbons (Fsp3) is 1.00. The summed E-state index contributed by atoms with van der Waals surface area (Å²) in [5.74, 6) is 1.99. The minimum atomic E-state index is -0.973. The van der Waals surface area contributed by atoms with E-state index in [1.807, 2.05) is 0 Å². The van der Waals surface area contributed by atoms with Crippen molar-refractivity contribution in [2.45, 2.75) is 108 Å². The fourth-order valence-electron chi connectivity index (χ4n) is 5.25. The Bertz CT molecular complexity index is 329. The van der Waals surface area contributed by atoms with E-state index >= 15 is 0 Å². The van der Waals surface area contributed by atoms with Crippen molar-refractivity contribution in [1.29, 1.82) is 0 Å². The molecule has 0 saturated heterocycles. The zero-order valence-electron chi connectivity index (χ0n) is 16.6. The molecule has 0 aliphatic heterocycles. The highest BCUT2D eigenvalue weighted by molar-refractivity contribution is 6.78. The molecule has 2 rings (SSSR count). The van der Waals surface area contributed by atoms with Crippen LogP contribution >= 0.6 is 0 Å². The van der Waals surface area contributed by atoms with Crippen molar-refractivity contribution in [2.75, 3.05) is 13.2 Å². The van der Waals surface area contributed by atoms with Crippen LogP contribution in [0.15, 0.2) is 0 Å². The molecule has 2 saturated carbocycles. The third-order valence-corrected chi connectivity index (χ3v) is 11.5. The second kappa shape index (κ2) is 10.3. The van der Waals surface area contributed by atoms with Crippen molar-refractivity contribution in [3.8, 4) is 0 Å². The molecule has 0 aromatic carbocycles. The van der Waals surface area contributed by atoms with Gasteiger partial charge in [-0.05, 0) is 49.5 Å². The SMILES string of the molecule is CCCC[Si](C)(C)C1CCC(C2CCC(OCCCO)CC2)CC1. The molecule has 2 fully saturated rings. The highest BCUT2D eigenvalue weighted by Gasteiger charge is 2.37. The summed E-state index contributed by atoms with van der Waals surface area (Å²) in [5.41, 5.74) is 1.10. The second-order valence-corrected chi connectivity index (χ2v) is 14.5. The van der Waals surface area contributed by atoms with Crippen molar-refractivity contribution in [3.63, 3.8) is 0 Å². The highest BCUT2D eigenvalue weighted by Crippen LogP contribution is 2.46. The zero-order chi connectivity index (χ0) is 17.4. The van der Waals surface area contributed by atoms with Crippen molar-refractivity contribution in [1.82, 2.24) is 0 Å². The summed E-state index contributed by atoms with van der Waals surface area (Å²) in [6, 6.07) is 1.55. The van der Waals surface area contributed by atoms with Gasteiger partial charge in [-0.25, -0.2) is 0 Å². The average molecular weight is 355 g/mol. The van der Waals surface area contributed by atoms with E-state index in [1.165, 1.54) is 64.2 Å². The number of aliphatic hydroxyl groups is 1. The highest BCUT2D eigenvalue weighted by atomic mass is 28.3. The van der Waals surface area contributed by atoms with Crippen LogP contribution in [0.2, 0.25) is 24.7 Å².